The van der Waals surface area contributed by atoms with E-state index >= 15 is 0 Å². The maximum atomic E-state index is 8.81. The summed E-state index contributed by atoms with van der Waals surface area (Å²) in [5.74, 6) is 1.29. The first-order valence-electron chi connectivity index (χ1n) is 4.84. The molecule has 86 valence electrons. The molecule has 0 heterocycles. The van der Waals surface area contributed by atoms with Crippen LogP contribution in [0.3, 0.4) is 0 Å². The number of benzene rings is 1. The summed E-state index contributed by atoms with van der Waals surface area (Å²) in [7, 11) is 3.14. The summed E-state index contributed by atoms with van der Waals surface area (Å²) in [6, 6.07) is 2.12. The number of rotatable bonds is 3. The Labute approximate surface area is 101 Å². The van der Waals surface area contributed by atoms with Gasteiger partial charge in [-0.1, -0.05) is 11.6 Å². The van der Waals surface area contributed by atoms with Crippen LogP contribution in [0.15, 0.2) is 0 Å². The van der Waals surface area contributed by atoms with Crippen LogP contribution in [-0.2, 0) is 6.42 Å². The number of hydrogen-bond acceptors (Lipinski definition) is 3. The van der Waals surface area contributed by atoms with Gasteiger partial charge < -0.3 is 9.47 Å². The Morgan fingerprint density at radius 3 is 2.12 bits per heavy atom. The molecule has 16 heavy (non-hydrogen) atoms. The lowest BCUT2D eigenvalue weighted by Gasteiger charge is -2.17. The normalized spacial score (nSPS) is 9.75. The lowest BCUT2D eigenvalue weighted by molar-refractivity contribution is 0.394. The molecule has 0 saturated carbocycles. The summed E-state index contributed by atoms with van der Waals surface area (Å²) in [4.78, 5) is 0. The molecule has 1 aromatic rings. The van der Waals surface area contributed by atoms with Crippen molar-refractivity contribution in [1.29, 1.82) is 5.26 Å². The molecule has 3 nitrogen and oxygen atoms in total. The molecule has 0 N–H and O–H groups in total. The zero-order valence-corrected chi connectivity index (χ0v) is 10.6. The monoisotopic (exact) mass is 239 g/mol. The molecule has 4 heteroatoms. The molecule has 0 aromatic heterocycles. The van der Waals surface area contributed by atoms with Gasteiger partial charge in [-0.05, 0) is 13.8 Å². The third-order valence-corrected chi connectivity index (χ3v) is 3.06. The van der Waals surface area contributed by atoms with E-state index in [1.54, 1.807) is 14.2 Å². The molecule has 0 saturated heterocycles. The van der Waals surface area contributed by atoms with Crippen LogP contribution < -0.4 is 9.47 Å². The van der Waals surface area contributed by atoms with Gasteiger partial charge in [-0.3, -0.25) is 0 Å². The molecule has 0 spiro atoms. The zero-order chi connectivity index (χ0) is 12.3. The van der Waals surface area contributed by atoms with Crippen molar-refractivity contribution in [3.05, 3.63) is 21.7 Å². The Hall–Kier alpha value is -1.40. The largest absolute Gasteiger partial charge is 0.496 e. The second kappa shape index (κ2) is 5.09. The summed E-state index contributed by atoms with van der Waals surface area (Å²) < 4.78 is 10.5. The Morgan fingerprint density at radius 2 is 1.69 bits per heavy atom. The minimum atomic E-state index is 0.281. The van der Waals surface area contributed by atoms with Gasteiger partial charge in [0.25, 0.3) is 0 Å². The fourth-order valence-electron chi connectivity index (χ4n) is 1.78. The van der Waals surface area contributed by atoms with Crippen molar-refractivity contribution in [1.82, 2.24) is 0 Å². The van der Waals surface area contributed by atoms with Gasteiger partial charge in [0.15, 0.2) is 0 Å². The van der Waals surface area contributed by atoms with E-state index < -0.39 is 0 Å². The van der Waals surface area contributed by atoms with Crippen molar-refractivity contribution in [2.75, 3.05) is 14.2 Å². The van der Waals surface area contributed by atoms with Crippen LogP contribution in [-0.4, -0.2) is 14.2 Å². The average Bonchev–Trinajstić information content (AvgIpc) is 2.27. The number of hydrogen-bond donors (Lipinski definition) is 0. The van der Waals surface area contributed by atoms with E-state index in [1.165, 1.54) is 0 Å². The Bertz CT molecular complexity index is 450. The fourth-order valence-corrected chi connectivity index (χ4v) is 2.08. The molecule has 0 radical (unpaired) electrons. The first kappa shape index (κ1) is 12.7. The van der Waals surface area contributed by atoms with Gasteiger partial charge in [-0.15, -0.1) is 0 Å². The number of nitriles is 1. The molecular formula is C12H14ClNO2. The van der Waals surface area contributed by atoms with Crippen LogP contribution in [0.1, 0.15) is 16.7 Å². The topological polar surface area (TPSA) is 42.2 Å². The molecule has 0 amide bonds. The van der Waals surface area contributed by atoms with Crippen LogP contribution in [0.25, 0.3) is 0 Å². The molecule has 1 rings (SSSR count). The van der Waals surface area contributed by atoms with Crippen LogP contribution in [0.5, 0.6) is 11.5 Å². The summed E-state index contributed by atoms with van der Waals surface area (Å²) in [6.45, 7) is 3.73. The van der Waals surface area contributed by atoms with Gasteiger partial charge in [0.1, 0.15) is 11.5 Å². The summed E-state index contributed by atoms with van der Waals surface area (Å²) in [5.41, 5.74) is 2.50. The van der Waals surface area contributed by atoms with Crippen molar-refractivity contribution in [2.45, 2.75) is 20.3 Å². The third kappa shape index (κ3) is 1.94. The standard InChI is InChI=1S/C12H14ClNO2/c1-7-9(5-6-14)11(15-3)8(2)10(13)12(7)16-4/h5H2,1-4H3. The van der Waals surface area contributed by atoms with Gasteiger partial charge in [0.05, 0.1) is 31.7 Å². The maximum absolute atomic E-state index is 8.81. The van der Waals surface area contributed by atoms with Gasteiger partial charge in [0, 0.05) is 16.7 Å². The first-order chi connectivity index (χ1) is 7.58. The minimum Gasteiger partial charge on any atom is -0.496 e. The van der Waals surface area contributed by atoms with Gasteiger partial charge >= 0.3 is 0 Å². The van der Waals surface area contributed by atoms with E-state index in [4.69, 9.17) is 26.3 Å². The molecular weight excluding hydrogens is 226 g/mol. The highest BCUT2D eigenvalue weighted by molar-refractivity contribution is 6.33. The highest BCUT2D eigenvalue weighted by Gasteiger charge is 2.19. The SMILES string of the molecule is COc1c(C)c(CC#N)c(OC)c(C)c1Cl. The van der Waals surface area contributed by atoms with Crippen molar-refractivity contribution in [2.24, 2.45) is 0 Å². The van der Waals surface area contributed by atoms with Crippen LogP contribution >= 0.6 is 11.6 Å². The van der Waals surface area contributed by atoms with Gasteiger partial charge in [-0.2, -0.15) is 5.26 Å². The lowest BCUT2D eigenvalue weighted by Crippen LogP contribution is -2.01. The van der Waals surface area contributed by atoms with E-state index in [9.17, 15) is 0 Å². The number of ether oxygens (including phenoxy) is 2. The lowest BCUT2D eigenvalue weighted by atomic mass is 10.00. The molecule has 0 aliphatic carbocycles. The summed E-state index contributed by atoms with van der Waals surface area (Å²) in [5, 5.41) is 9.35. The number of halogens is 1. The molecule has 0 atom stereocenters. The Kier molecular flexibility index (Phi) is 4.03. The molecule has 0 unspecified atom stereocenters. The van der Waals surface area contributed by atoms with E-state index in [0.29, 0.717) is 16.5 Å². The zero-order valence-electron chi connectivity index (χ0n) is 9.85. The van der Waals surface area contributed by atoms with Crippen LogP contribution in [0, 0.1) is 25.2 Å². The molecule has 0 aliphatic rings. The minimum absolute atomic E-state index is 0.281. The highest BCUT2D eigenvalue weighted by Crippen LogP contribution is 2.41. The van der Waals surface area contributed by atoms with Crippen molar-refractivity contribution < 1.29 is 9.47 Å². The summed E-state index contributed by atoms with van der Waals surface area (Å²) >= 11 is 6.17. The predicted octanol–water partition coefficient (Wildman–Crippen LogP) is 3.04. The Morgan fingerprint density at radius 1 is 1.12 bits per heavy atom. The van der Waals surface area contributed by atoms with Gasteiger partial charge in [0.2, 0.25) is 0 Å². The fraction of sp³-hybridized carbons (Fsp3) is 0.417. The quantitative estimate of drug-likeness (QED) is 0.814. The molecule has 1 aromatic carbocycles. The maximum Gasteiger partial charge on any atom is 0.141 e. The van der Waals surface area contributed by atoms with Crippen molar-refractivity contribution in [3.8, 4) is 17.6 Å². The van der Waals surface area contributed by atoms with E-state index in [2.05, 4.69) is 6.07 Å². The average molecular weight is 240 g/mol. The highest BCUT2D eigenvalue weighted by atomic mass is 35.5. The van der Waals surface area contributed by atoms with E-state index in [0.717, 1.165) is 16.7 Å². The first-order valence-corrected chi connectivity index (χ1v) is 5.22. The van der Waals surface area contributed by atoms with Gasteiger partial charge in [-0.25, -0.2) is 0 Å². The predicted molar refractivity (Wildman–Crippen MR) is 63.3 cm³/mol. The van der Waals surface area contributed by atoms with Crippen molar-refractivity contribution in [3.63, 3.8) is 0 Å². The van der Waals surface area contributed by atoms with E-state index in [-0.39, 0.29) is 6.42 Å². The number of methoxy groups -OCH3 is 2. The second-order valence-electron chi connectivity index (χ2n) is 3.44. The smallest absolute Gasteiger partial charge is 0.141 e. The molecule has 0 fully saturated rings. The van der Waals surface area contributed by atoms with Crippen LogP contribution in [0.2, 0.25) is 5.02 Å². The van der Waals surface area contributed by atoms with E-state index in [1.807, 2.05) is 13.8 Å². The van der Waals surface area contributed by atoms with Crippen molar-refractivity contribution >= 4 is 11.6 Å². The third-order valence-electron chi connectivity index (χ3n) is 2.60. The summed E-state index contributed by atoms with van der Waals surface area (Å²) in [6.07, 6.45) is 0.281. The number of nitrogens with zero attached hydrogens (tertiary/aromatic N) is 1. The van der Waals surface area contributed by atoms with Crippen LogP contribution in [0.4, 0.5) is 0 Å². The molecule has 0 aliphatic heterocycles. The second-order valence-corrected chi connectivity index (χ2v) is 3.82. The molecule has 0 bridgehead atoms. The Balaban J connectivity index is 3.58.